The van der Waals surface area contributed by atoms with Gasteiger partial charge in [0, 0.05) is 5.92 Å². The van der Waals surface area contributed by atoms with Crippen molar-refractivity contribution in [2.24, 2.45) is 0 Å². The Morgan fingerprint density at radius 1 is 0.619 bits per heavy atom. The molecule has 0 atom stereocenters. The molecule has 0 heterocycles. The SMILES string of the molecule is Oc1ccc2c(c1)C(c1ccccc1)c1cc(O)ccc1-2. The van der Waals surface area contributed by atoms with Crippen molar-refractivity contribution in [1.29, 1.82) is 0 Å². The van der Waals surface area contributed by atoms with Crippen LogP contribution in [0.15, 0.2) is 66.7 Å². The highest BCUT2D eigenvalue weighted by atomic mass is 16.3. The third-order valence-electron chi connectivity index (χ3n) is 4.12. The van der Waals surface area contributed by atoms with Crippen molar-refractivity contribution >= 4 is 0 Å². The quantitative estimate of drug-likeness (QED) is 0.544. The number of phenols is 2. The zero-order chi connectivity index (χ0) is 14.4. The van der Waals surface area contributed by atoms with Crippen molar-refractivity contribution in [3.8, 4) is 22.6 Å². The van der Waals surface area contributed by atoms with Gasteiger partial charge in [0.25, 0.3) is 0 Å². The van der Waals surface area contributed by atoms with Crippen molar-refractivity contribution in [2.75, 3.05) is 0 Å². The van der Waals surface area contributed by atoms with Gasteiger partial charge in [0.2, 0.25) is 0 Å². The molecule has 21 heavy (non-hydrogen) atoms. The monoisotopic (exact) mass is 274 g/mol. The van der Waals surface area contributed by atoms with E-state index in [4.69, 9.17) is 0 Å². The van der Waals surface area contributed by atoms with Gasteiger partial charge in [0.1, 0.15) is 11.5 Å². The molecular formula is C19H14O2. The highest BCUT2D eigenvalue weighted by molar-refractivity contribution is 5.81. The number of hydrogen-bond donors (Lipinski definition) is 2. The van der Waals surface area contributed by atoms with E-state index in [0.717, 1.165) is 27.8 Å². The largest absolute Gasteiger partial charge is 0.508 e. The zero-order valence-electron chi connectivity index (χ0n) is 11.3. The van der Waals surface area contributed by atoms with Crippen LogP contribution in [-0.4, -0.2) is 10.2 Å². The molecule has 0 bridgehead atoms. The lowest BCUT2D eigenvalue weighted by atomic mass is 9.89. The highest BCUT2D eigenvalue weighted by Gasteiger charge is 2.30. The number of benzene rings is 3. The maximum atomic E-state index is 9.85. The standard InChI is InChI=1S/C19H14O2/c20-13-6-8-15-16-9-7-14(21)11-18(16)19(17(15)10-13)12-4-2-1-3-5-12/h1-11,19-21H. The Kier molecular flexibility index (Phi) is 2.51. The normalized spacial score (nSPS) is 13.0. The van der Waals surface area contributed by atoms with Gasteiger partial charge in [-0.3, -0.25) is 0 Å². The van der Waals surface area contributed by atoms with E-state index in [0.29, 0.717) is 0 Å². The van der Waals surface area contributed by atoms with Crippen LogP contribution in [0.25, 0.3) is 11.1 Å². The summed E-state index contributed by atoms with van der Waals surface area (Å²) in [6.45, 7) is 0. The first-order valence-electron chi connectivity index (χ1n) is 6.95. The molecule has 3 aromatic carbocycles. The minimum Gasteiger partial charge on any atom is -0.508 e. The summed E-state index contributed by atoms with van der Waals surface area (Å²) in [7, 11) is 0. The molecule has 2 N–H and O–H groups in total. The Balaban J connectivity index is 2.02. The number of fused-ring (bicyclic) bond motifs is 3. The fourth-order valence-electron chi connectivity index (χ4n) is 3.24. The van der Waals surface area contributed by atoms with Crippen LogP contribution in [0.4, 0.5) is 0 Å². The fourth-order valence-corrected chi connectivity index (χ4v) is 3.24. The molecule has 4 rings (SSSR count). The predicted octanol–water partition coefficient (Wildman–Crippen LogP) is 4.26. The minimum absolute atomic E-state index is 0.0513. The summed E-state index contributed by atoms with van der Waals surface area (Å²) in [5.74, 6) is 0.591. The van der Waals surface area contributed by atoms with E-state index < -0.39 is 0 Å². The topological polar surface area (TPSA) is 40.5 Å². The number of aromatic hydroxyl groups is 2. The Morgan fingerprint density at radius 3 is 1.67 bits per heavy atom. The third-order valence-corrected chi connectivity index (χ3v) is 4.12. The van der Waals surface area contributed by atoms with E-state index in [2.05, 4.69) is 12.1 Å². The summed E-state index contributed by atoms with van der Waals surface area (Å²) in [6.07, 6.45) is 0. The predicted molar refractivity (Wildman–Crippen MR) is 82.6 cm³/mol. The van der Waals surface area contributed by atoms with Crippen LogP contribution in [0.5, 0.6) is 11.5 Å². The lowest BCUT2D eigenvalue weighted by molar-refractivity contribution is 0.474. The van der Waals surface area contributed by atoms with Crippen LogP contribution < -0.4 is 0 Å². The molecule has 1 aliphatic carbocycles. The molecule has 0 fully saturated rings. The Bertz CT molecular complexity index is 771. The second kappa shape index (κ2) is 4.38. The van der Waals surface area contributed by atoms with Gasteiger partial charge in [-0.15, -0.1) is 0 Å². The van der Waals surface area contributed by atoms with E-state index >= 15 is 0 Å². The van der Waals surface area contributed by atoms with Crippen LogP contribution in [-0.2, 0) is 0 Å². The molecule has 2 heteroatoms. The zero-order valence-corrected chi connectivity index (χ0v) is 11.3. The number of phenolic OH excluding ortho intramolecular Hbond substituents is 2. The molecule has 0 aliphatic heterocycles. The van der Waals surface area contributed by atoms with Crippen LogP contribution >= 0.6 is 0 Å². The van der Waals surface area contributed by atoms with E-state index in [1.165, 1.54) is 0 Å². The molecule has 0 spiro atoms. The maximum absolute atomic E-state index is 9.85. The molecule has 0 saturated carbocycles. The van der Waals surface area contributed by atoms with Crippen molar-refractivity contribution in [2.45, 2.75) is 5.92 Å². The molecule has 3 aromatic rings. The van der Waals surface area contributed by atoms with Crippen LogP contribution in [0, 0.1) is 0 Å². The summed E-state index contributed by atoms with van der Waals surface area (Å²) in [5.41, 5.74) is 5.57. The smallest absolute Gasteiger partial charge is 0.115 e. The first-order chi connectivity index (χ1) is 10.2. The lowest BCUT2D eigenvalue weighted by Gasteiger charge is -2.14. The van der Waals surface area contributed by atoms with E-state index in [9.17, 15) is 10.2 Å². The van der Waals surface area contributed by atoms with Gasteiger partial charge in [-0.05, 0) is 52.1 Å². The molecule has 1 aliphatic rings. The summed E-state index contributed by atoms with van der Waals surface area (Å²) in [5, 5.41) is 19.7. The van der Waals surface area contributed by atoms with Crippen molar-refractivity contribution in [3.05, 3.63) is 83.4 Å². The van der Waals surface area contributed by atoms with E-state index in [1.807, 2.05) is 42.5 Å². The van der Waals surface area contributed by atoms with Gasteiger partial charge in [-0.1, -0.05) is 42.5 Å². The van der Waals surface area contributed by atoms with Crippen molar-refractivity contribution in [1.82, 2.24) is 0 Å². The van der Waals surface area contributed by atoms with Gasteiger partial charge < -0.3 is 10.2 Å². The van der Waals surface area contributed by atoms with Gasteiger partial charge in [-0.2, -0.15) is 0 Å². The summed E-state index contributed by atoms with van der Waals surface area (Å²) in [4.78, 5) is 0. The molecule has 0 radical (unpaired) electrons. The summed E-state index contributed by atoms with van der Waals surface area (Å²) in [6, 6.07) is 21.1. The number of rotatable bonds is 1. The summed E-state index contributed by atoms with van der Waals surface area (Å²) >= 11 is 0. The Hall–Kier alpha value is -2.74. The fraction of sp³-hybridized carbons (Fsp3) is 0.0526. The van der Waals surface area contributed by atoms with Gasteiger partial charge in [0.15, 0.2) is 0 Å². The first-order valence-corrected chi connectivity index (χ1v) is 6.95. The molecular weight excluding hydrogens is 260 g/mol. The van der Waals surface area contributed by atoms with Crippen LogP contribution in [0.1, 0.15) is 22.6 Å². The molecule has 2 nitrogen and oxygen atoms in total. The third kappa shape index (κ3) is 1.80. The first kappa shape index (κ1) is 12.0. The van der Waals surface area contributed by atoms with E-state index in [-0.39, 0.29) is 17.4 Å². The lowest BCUT2D eigenvalue weighted by Crippen LogP contribution is -1.98. The second-order valence-electron chi connectivity index (χ2n) is 5.39. The molecule has 0 unspecified atom stereocenters. The maximum Gasteiger partial charge on any atom is 0.115 e. The molecule has 0 amide bonds. The van der Waals surface area contributed by atoms with Crippen LogP contribution in [0.3, 0.4) is 0 Å². The Labute approximate surface area is 122 Å². The highest BCUT2D eigenvalue weighted by Crippen LogP contribution is 2.49. The second-order valence-corrected chi connectivity index (χ2v) is 5.39. The van der Waals surface area contributed by atoms with E-state index in [1.54, 1.807) is 12.1 Å². The van der Waals surface area contributed by atoms with Gasteiger partial charge >= 0.3 is 0 Å². The average Bonchev–Trinajstić information content (AvgIpc) is 2.80. The average molecular weight is 274 g/mol. The van der Waals surface area contributed by atoms with Gasteiger partial charge in [0.05, 0.1) is 0 Å². The van der Waals surface area contributed by atoms with Crippen LogP contribution in [0.2, 0.25) is 0 Å². The number of hydrogen-bond acceptors (Lipinski definition) is 2. The van der Waals surface area contributed by atoms with Crippen molar-refractivity contribution in [3.63, 3.8) is 0 Å². The molecule has 0 saturated heterocycles. The minimum atomic E-state index is 0.0513. The van der Waals surface area contributed by atoms with Gasteiger partial charge in [-0.25, -0.2) is 0 Å². The molecule has 102 valence electrons. The van der Waals surface area contributed by atoms with Crippen molar-refractivity contribution < 1.29 is 10.2 Å². The molecule has 0 aromatic heterocycles. The summed E-state index contributed by atoms with van der Waals surface area (Å²) < 4.78 is 0. The Morgan fingerprint density at radius 2 is 1.14 bits per heavy atom.